The van der Waals surface area contributed by atoms with Gasteiger partial charge in [-0.1, -0.05) is 30.3 Å². The Labute approximate surface area is 206 Å². The summed E-state index contributed by atoms with van der Waals surface area (Å²) < 4.78 is 70.3. The molecule has 0 bridgehead atoms. The van der Waals surface area contributed by atoms with Gasteiger partial charge in [0.2, 0.25) is 0 Å². The summed E-state index contributed by atoms with van der Waals surface area (Å²) in [4.78, 5) is 16.2. The van der Waals surface area contributed by atoms with E-state index in [0.29, 0.717) is 11.6 Å². The Balaban J connectivity index is 1.73. The molecule has 0 aliphatic rings. The smallest absolute Gasteiger partial charge is 0.361 e. The number of hydrogen-bond donors (Lipinski definition) is 1. The molecular formula is C28H16F5N3O. The maximum Gasteiger partial charge on any atom is 0.417 e. The van der Waals surface area contributed by atoms with Gasteiger partial charge < -0.3 is 9.55 Å². The van der Waals surface area contributed by atoms with E-state index in [1.54, 1.807) is 24.4 Å². The lowest BCUT2D eigenvalue weighted by atomic mass is 9.98. The third-order valence-electron chi connectivity index (χ3n) is 6.11. The predicted molar refractivity (Wildman–Crippen MR) is 129 cm³/mol. The Kier molecular flexibility index (Phi) is 5.88. The van der Waals surface area contributed by atoms with Crippen molar-refractivity contribution in [1.29, 1.82) is 5.26 Å². The largest absolute Gasteiger partial charge is 0.417 e. The number of halogens is 5. The molecule has 5 rings (SSSR count). The first-order chi connectivity index (χ1) is 17.7. The van der Waals surface area contributed by atoms with E-state index in [9.17, 15) is 32.0 Å². The molecule has 0 fully saturated rings. The molecule has 9 heteroatoms. The number of nitrogens with one attached hydrogen (secondary N) is 1. The van der Waals surface area contributed by atoms with Crippen molar-refractivity contribution in [3.63, 3.8) is 0 Å². The number of H-pyrrole nitrogens is 1. The van der Waals surface area contributed by atoms with Crippen molar-refractivity contribution in [2.75, 3.05) is 0 Å². The molecular weight excluding hydrogens is 489 g/mol. The fourth-order valence-electron chi connectivity index (χ4n) is 4.29. The van der Waals surface area contributed by atoms with Crippen LogP contribution in [0, 0.1) is 23.0 Å². The molecule has 5 aromatic rings. The van der Waals surface area contributed by atoms with Gasteiger partial charge in [0.15, 0.2) is 0 Å². The summed E-state index contributed by atoms with van der Waals surface area (Å²) in [5, 5.41) is 10.3. The average Bonchev–Trinajstić information content (AvgIpc) is 3.34. The number of alkyl halides is 3. The summed E-state index contributed by atoms with van der Waals surface area (Å²) in [7, 11) is 0. The second kappa shape index (κ2) is 9.06. The molecule has 184 valence electrons. The molecule has 0 aliphatic carbocycles. The molecule has 0 spiro atoms. The molecule has 37 heavy (non-hydrogen) atoms. The quantitative estimate of drug-likeness (QED) is 0.271. The first-order valence-corrected chi connectivity index (χ1v) is 11.0. The maximum absolute atomic E-state index is 14.4. The summed E-state index contributed by atoms with van der Waals surface area (Å²) in [6.07, 6.45) is -3.19. The SMILES string of the molecule is N#Cc1c(C(F)(F)F)cc(-c2cccc(-c3ccc4[nH]ccc4c3)c2)n(Cc2ccc(F)cc2F)c1=O. The molecule has 4 nitrogen and oxygen atoms in total. The Morgan fingerprint density at radius 3 is 2.38 bits per heavy atom. The van der Waals surface area contributed by atoms with Crippen molar-refractivity contribution in [2.24, 2.45) is 0 Å². The van der Waals surface area contributed by atoms with Gasteiger partial charge in [0.05, 0.1) is 17.8 Å². The first kappa shape index (κ1) is 24.0. The van der Waals surface area contributed by atoms with E-state index in [4.69, 9.17) is 0 Å². The van der Waals surface area contributed by atoms with Crippen LogP contribution in [0.1, 0.15) is 16.7 Å². The van der Waals surface area contributed by atoms with Gasteiger partial charge >= 0.3 is 6.18 Å². The van der Waals surface area contributed by atoms with E-state index in [1.807, 2.05) is 24.3 Å². The van der Waals surface area contributed by atoms with E-state index >= 15 is 0 Å². The van der Waals surface area contributed by atoms with Crippen LogP contribution in [0.4, 0.5) is 22.0 Å². The minimum absolute atomic E-state index is 0.123. The van der Waals surface area contributed by atoms with E-state index in [-0.39, 0.29) is 16.8 Å². The lowest BCUT2D eigenvalue weighted by Crippen LogP contribution is -2.29. The molecule has 0 amide bonds. The minimum Gasteiger partial charge on any atom is -0.361 e. The van der Waals surface area contributed by atoms with E-state index in [2.05, 4.69) is 4.98 Å². The van der Waals surface area contributed by atoms with Crippen molar-refractivity contribution in [1.82, 2.24) is 9.55 Å². The Bertz CT molecular complexity index is 1760. The number of pyridine rings is 1. The van der Waals surface area contributed by atoms with Gasteiger partial charge in [0, 0.05) is 23.3 Å². The zero-order chi connectivity index (χ0) is 26.3. The standard InChI is InChI=1S/C28H16F5N3O/c29-21-6-4-20(24(30)12-21)15-36-26(13-23(28(31,32)33)22(14-34)27(36)37)19-3-1-2-16(11-19)17-5-7-25-18(10-17)8-9-35-25/h1-13,35H,15H2. The van der Waals surface area contributed by atoms with Gasteiger partial charge in [0.1, 0.15) is 23.3 Å². The van der Waals surface area contributed by atoms with Gasteiger partial charge in [-0.05, 0) is 58.5 Å². The highest BCUT2D eigenvalue weighted by Gasteiger charge is 2.36. The van der Waals surface area contributed by atoms with Crippen LogP contribution in [-0.2, 0) is 12.7 Å². The lowest BCUT2D eigenvalue weighted by molar-refractivity contribution is -0.137. The average molecular weight is 505 g/mol. The van der Waals surface area contributed by atoms with Gasteiger partial charge in [0.25, 0.3) is 5.56 Å². The summed E-state index contributed by atoms with van der Waals surface area (Å²) in [6.45, 7) is -0.507. The van der Waals surface area contributed by atoms with Crippen LogP contribution in [0.15, 0.2) is 83.8 Å². The van der Waals surface area contributed by atoms with Crippen molar-refractivity contribution in [2.45, 2.75) is 12.7 Å². The van der Waals surface area contributed by atoms with Crippen LogP contribution in [-0.4, -0.2) is 9.55 Å². The highest BCUT2D eigenvalue weighted by molar-refractivity contribution is 5.85. The Morgan fingerprint density at radius 2 is 1.65 bits per heavy atom. The Morgan fingerprint density at radius 1 is 0.892 bits per heavy atom. The van der Waals surface area contributed by atoms with Crippen molar-refractivity contribution >= 4 is 10.9 Å². The maximum atomic E-state index is 14.4. The monoisotopic (exact) mass is 505 g/mol. The second-order valence-corrected chi connectivity index (χ2v) is 8.42. The van der Waals surface area contributed by atoms with Crippen molar-refractivity contribution < 1.29 is 22.0 Å². The number of benzene rings is 3. The second-order valence-electron chi connectivity index (χ2n) is 8.42. The summed E-state index contributed by atoms with van der Waals surface area (Å²) in [6, 6.07) is 18.8. The zero-order valence-corrected chi connectivity index (χ0v) is 18.9. The molecule has 0 saturated carbocycles. The number of aromatic amines is 1. The van der Waals surface area contributed by atoms with E-state index in [1.165, 1.54) is 12.1 Å². The van der Waals surface area contributed by atoms with Gasteiger partial charge in [-0.2, -0.15) is 18.4 Å². The topological polar surface area (TPSA) is 61.6 Å². The summed E-state index contributed by atoms with van der Waals surface area (Å²) >= 11 is 0. The summed E-state index contributed by atoms with van der Waals surface area (Å²) in [5.74, 6) is -1.81. The number of nitrogens with zero attached hydrogens (tertiary/aromatic N) is 2. The molecule has 0 atom stereocenters. The molecule has 1 N–H and O–H groups in total. The van der Waals surface area contributed by atoms with Crippen LogP contribution in [0.3, 0.4) is 0 Å². The Hall–Kier alpha value is -4.71. The number of rotatable bonds is 4. The van der Waals surface area contributed by atoms with Crippen LogP contribution in [0.5, 0.6) is 0 Å². The predicted octanol–water partition coefficient (Wildman–Crippen LogP) is 6.88. The molecule has 3 aromatic carbocycles. The van der Waals surface area contributed by atoms with Gasteiger partial charge in [-0.25, -0.2) is 8.78 Å². The highest BCUT2D eigenvalue weighted by Crippen LogP contribution is 2.35. The number of hydrogen-bond acceptors (Lipinski definition) is 2. The molecule has 0 aliphatic heterocycles. The number of aromatic nitrogens is 2. The van der Waals surface area contributed by atoms with E-state index in [0.717, 1.165) is 39.2 Å². The molecule has 0 unspecified atom stereocenters. The van der Waals surface area contributed by atoms with Crippen molar-refractivity contribution in [3.05, 3.63) is 118 Å². The van der Waals surface area contributed by atoms with Crippen LogP contribution >= 0.6 is 0 Å². The lowest BCUT2D eigenvalue weighted by Gasteiger charge is -2.18. The molecule has 2 heterocycles. The number of fused-ring (bicyclic) bond motifs is 1. The fourth-order valence-corrected chi connectivity index (χ4v) is 4.29. The summed E-state index contributed by atoms with van der Waals surface area (Å²) in [5.41, 5.74) is -1.37. The normalized spacial score (nSPS) is 11.6. The van der Waals surface area contributed by atoms with Crippen LogP contribution < -0.4 is 5.56 Å². The third-order valence-corrected chi connectivity index (χ3v) is 6.11. The van der Waals surface area contributed by atoms with E-state index < -0.39 is 41.0 Å². The van der Waals surface area contributed by atoms with Crippen LogP contribution in [0.2, 0.25) is 0 Å². The zero-order valence-electron chi connectivity index (χ0n) is 18.9. The van der Waals surface area contributed by atoms with Crippen molar-refractivity contribution in [3.8, 4) is 28.5 Å². The van der Waals surface area contributed by atoms with Gasteiger partial charge in [-0.15, -0.1) is 0 Å². The number of nitriles is 1. The molecule has 2 aromatic heterocycles. The fraction of sp³-hybridized carbons (Fsp3) is 0.0714. The van der Waals surface area contributed by atoms with Gasteiger partial charge in [-0.3, -0.25) is 4.79 Å². The minimum atomic E-state index is -4.98. The van der Waals surface area contributed by atoms with Crippen LogP contribution in [0.25, 0.3) is 33.3 Å². The highest BCUT2D eigenvalue weighted by atomic mass is 19.4. The molecule has 0 radical (unpaired) electrons. The third kappa shape index (κ3) is 4.49. The molecule has 0 saturated heterocycles. The first-order valence-electron chi connectivity index (χ1n) is 11.0.